The van der Waals surface area contributed by atoms with Crippen molar-refractivity contribution in [3.63, 3.8) is 0 Å². The molecular weight excluding hydrogens is 170 g/mol. The van der Waals surface area contributed by atoms with E-state index in [0.717, 1.165) is 6.54 Å². The van der Waals surface area contributed by atoms with Crippen molar-refractivity contribution < 1.29 is 9.11 Å². The van der Waals surface area contributed by atoms with Crippen molar-refractivity contribution in [1.82, 2.24) is 0 Å². The molecule has 1 saturated heterocycles. The normalized spacial score (nSPS) is 33.7. The topological polar surface area (TPSA) is 21.5 Å². The van der Waals surface area contributed by atoms with Crippen LogP contribution in [0.4, 0.5) is 0 Å². The lowest BCUT2D eigenvalue weighted by atomic mass is 10.1. The Hall–Kier alpha value is 0.110. The molecule has 1 fully saturated rings. The fourth-order valence-electron chi connectivity index (χ4n) is 1.81. The molecule has 0 aliphatic carbocycles. The average molecular weight is 190 g/mol. The van der Waals surface area contributed by atoms with Gasteiger partial charge in [0.15, 0.2) is 0 Å². The van der Waals surface area contributed by atoms with Gasteiger partial charge in [-0.15, -0.1) is 0 Å². The quantitative estimate of drug-likeness (QED) is 0.641. The van der Waals surface area contributed by atoms with Gasteiger partial charge in [-0.25, -0.2) is 0 Å². The second kappa shape index (κ2) is 4.38. The molecule has 0 spiro atoms. The molecule has 2 unspecified atom stereocenters. The van der Waals surface area contributed by atoms with E-state index in [0.29, 0.717) is 10.5 Å². The zero-order valence-corrected chi connectivity index (χ0v) is 9.12. The van der Waals surface area contributed by atoms with Gasteiger partial charge in [-0.1, -0.05) is 13.8 Å². The Morgan fingerprint density at radius 3 is 2.67 bits per heavy atom. The van der Waals surface area contributed by atoms with Crippen LogP contribution >= 0.6 is 0 Å². The molecule has 12 heavy (non-hydrogen) atoms. The minimum Gasteiger partial charge on any atom is -0.336 e. The van der Waals surface area contributed by atoms with Crippen molar-refractivity contribution in [3.8, 4) is 0 Å². The second-order valence-electron chi connectivity index (χ2n) is 4.05. The highest BCUT2D eigenvalue weighted by molar-refractivity contribution is 7.86. The van der Waals surface area contributed by atoms with E-state index in [2.05, 4.69) is 20.9 Å². The number of quaternary nitrogens is 1. The predicted octanol–water partition coefficient (Wildman–Crippen LogP) is -0.179. The van der Waals surface area contributed by atoms with E-state index in [9.17, 15) is 4.21 Å². The van der Waals surface area contributed by atoms with Gasteiger partial charge in [0.25, 0.3) is 0 Å². The molecule has 2 nitrogen and oxygen atoms in total. The highest BCUT2D eigenvalue weighted by atomic mass is 32.2. The van der Waals surface area contributed by atoms with Crippen LogP contribution in [0, 0.1) is 0 Å². The van der Waals surface area contributed by atoms with Crippen molar-refractivity contribution >= 4 is 10.8 Å². The number of likely N-dealkylation sites (tertiary alicyclic amines) is 1. The summed E-state index contributed by atoms with van der Waals surface area (Å²) in [5.74, 6) is 0. The number of rotatable bonds is 2. The maximum Gasteiger partial charge on any atom is 0.0914 e. The summed E-state index contributed by atoms with van der Waals surface area (Å²) in [5, 5.41) is 0.791. The first-order chi connectivity index (χ1) is 5.61. The molecule has 3 atom stereocenters. The molecule has 0 amide bonds. The molecule has 0 aromatic rings. The lowest BCUT2D eigenvalue weighted by Gasteiger charge is -2.27. The summed E-state index contributed by atoms with van der Waals surface area (Å²) in [5.41, 5.74) is 0. The van der Waals surface area contributed by atoms with Gasteiger partial charge in [-0.05, 0) is 12.8 Å². The Labute approximate surface area is 77.8 Å². The molecule has 3 heteroatoms. The highest BCUT2D eigenvalue weighted by Crippen LogP contribution is 2.10. The van der Waals surface area contributed by atoms with Crippen LogP contribution in [-0.2, 0) is 10.8 Å². The molecular formula is C9H20NOS+. The summed E-state index contributed by atoms with van der Waals surface area (Å²) in [6.45, 7) is 6.47. The van der Waals surface area contributed by atoms with E-state index in [1.807, 2.05) is 0 Å². The molecule has 1 aliphatic heterocycles. The van der Waals surface area contributed by atoms with E-state index in [1.165, 1.54) is 19.4 Å². The second-order valence-corrected chi connectivity index (χ2v) is 6.32. The molecule has 0 bridgehead atoms. The van der Waals surface area contributed by atoms with E-state index in [1.54, 1.807) is 4.90 Å². The fraction of sp³-hybridized carbons (Fsp3) is 1.00. The van der Waals surface area contributed by atoms with Crippen LogP contribution in [0.1, 0.15) is 26.7 Å². The van der Waals surface area contributed by atoms with Gasteiger partial charge in [-0.2, -0.15) is 0 Å². The van der Waals surface area contributed by atoms with Gasteiger partial charge in [0.1, 0.15) is 0 Å². The SMILES string of the molecule is CC(C)S(=O)[C@@H]1CCC[NH+](C)C1. The molecule has 1 rings (SSSR count). The summed E-state index contributed by atoms with van der Waals surface area (Å²) in [6.07, 6.45) is 2.41. The van der Waals surface area contributed by atoms with Gasteiger partial charge < -0.3 is 4.90 Å². The summed E-state index contributed by atoms with van der Waals surface area (Å²) < 4.78 is 11.7. The molecule has 0 aromatic carbocycles. The number of piperidine rings is 1. The smallest absolute Gasteiger partial charge is 0.0914 e. The van der Waals surface area contributed by atoms with Crippen LogP contribution in [0.15, 0.2) is 0 Å². The Morgan fingerprint density at radius 2 is 2.17 bits per heavy atom. The molecule has 0 radical (unpaired) electrons. The standard InChI is InChI=1S/C9H19NOS/c1-8(2)12(11)9-5-4-6-10(3)7-9/h8-9H,4-7H2,1-3H3/p+1/t9-,12?/m1/s1. The Morgan fingerprint density at radius 1 is 1.50 bits per heavy atom. The lowest BCUT2D eigenvalue weighted by Crippen LogP contribution is -3.11. The highest BCUT2D eigenvalue weighted by Gasteiger charge is 2.26. The van der Waals surface area contributed by atoms with Crippen LogP contribution in [0.2, 0.25) is 0 Å². The van der Waals surface area contributed by atoms with Gasteiger partial charge in [0.2, 0.25) is 0 Å². The van der Waals surface area contributed by atoms with Crippen LogP contribution in [0.25, 0.3) is 0 Å². The third-order valence-electron chi connectivity index (χ3n) is 2.50. The van der Waals surface area contributed by atoms with Crippen LogP contribution < -0.4 is 4.90 Å². The van der Waals surface area contributed by atoms with Crippen molar-refractivity contribution in [2.75, 3.05) is 20.1 Å². The third-order valence-corrected chi connectivity index (χ3v) is 4.49. The van der Waals surface area contributed by atoms with Gasteiger partial charge in [0.05, 0.1) is 25.4 Å². The van der Waals surface area contributed by atoms with Gasteiger partial charge >= 0.3 is 0 Å². The van der Waals surface area contributed by atoms with Crippen molar-refractivity contribution in [2.45, 2.75) is 37.2 Å². The number of hydrogen-bond donors (Lipinski definition) is 1. The van der Waals surface area contributed by atoms with E-state index >= 15 is 0 Å². The first kappa shape index (κ1) is 10.2. The zero-order valence-electron chi connectivity index (χ0n) is 8.30. The molecule has 1 heterocycles. The minimum absolute atomic E-state index is 0.334. The summed E-state index contributed by atoms with van der Waals surface area (Å²) >= 11 is 0. The molecule has 72 valence electrons. The van der Waals surface area contributed by atoms with Gasteiger partial charge in [0, 0.05) is 16.0 Å². The maximum atomic E-state index is 11.7. The van der Waals surface area contributed by atoms with Crippen LogP contribution in [0.5, 0.6) is 0 Å². The Kier molecular flexibility index (Phi) is 3.72. The van der Waals surface area contributed by atoms with Crippen LogP contribution in [0.3, 0.4) is 0 Å². The van der Waals surface area contributed by atoms with E-state index < -0.39 is 10.8 Å². The predicted molar refractivity (Wildman–Crippen MR) is 52.9 cm³/mol. The summed E-state index contributed by atoms with van der Waals surface area (Å²) in [7, 11) is 1.60. The van der Waals surface area contributed by atoms with Crippen molar-refractivity contribution in [1.29, 1.82) is 0 Å². The summed E-state index contributed by atoms with van der Waals surface area (Å²) in [4.78, 5) is 1.54. The summed E-state index contributed by atoms with van der Waals surface area (Å²) in [6, 6.07) is 0. The Balaban J connectivity index is 2.46. The van der Waals surface area contributed by atoms with E-state index in [-0.39, 0.29) is 0 Å². The number of nitrogens with one attached hydrogen (secondary N) is 1. The minimum atomic E-state index is -0.600. The maximum absolute atomic E-state index is 11.7. The average Bonchev–Trinajstić information content (AvgIpc) is 2.03. The van der Waals surface area contributed by atoms with Crippen LogP contribution in [-0.4, -0.2) is 34.8 Å². The largest absolute Gasteiger partial charge is 0.336 e. The molecule has 0 saturated carbocycles. The molecule has 0 aromatic heterocycles. The van der Waals surface area contributed by atoms with Gasteiger partial charge in [-0.3, -0.25) is 4.21 Å². The molecule has 1 N–H and O–H groups in total. The van der Waals surface area contributed by atoms with Crippen molar-refractivity contribution in [3.05, 3.63) is 0 Å². The zero-order chi connectivity index (χ0) is 9.14. The molecule has 1 aliphatic rings. The Bertz CT molecular complexity index is 170. The van der Waals surface area contributed by atoms with E-state index in [4.69, 9.17) is 0 Å². The first-order valence-corrected chi connectivity index (χ1v) is 6.09. The third kappa shape index (κ3) is 2.56. The lowest BCUT2D eigenvalue weighted by molar-refractivity contribution is -0.883. The van der Waals surface area contributed by atoms with Crippen molar-refractivity contribution in [2.24, 2.45) is 0 Å². The number of hydrogen-bond acceptors (Lipinski definition) is 1. The first-order valence-electron chi connectivity index (χ1n) is 4.82. The monoisotopic (exact) mass is 190 g/mol. The fourth-order valence-corrected chi connectivity index (χ4v) is 3.43.